The highest BCUT2D eigenvalue weighted by atomic mass is 19.1. The Bertz CT molecular complexity index is 759. The summed E-state index contributed by atoms with van der Waals surface area (Å²) in [6.07, 6.45) is 0. The number of carbonyl (C=O) groups is 2. The van der Waals surface area contributed by atoms with Gasteiger partial charge in [0.25, 0.3) is 0 Å². The van der Waals surface area contributed by atoms with Crippen LogP contribution in [0.15, 0.2) is 42.5 Å². The highest BCUT2D eigenvalue weighted by Crippen LogP contribution is 2.15. The van der Waals surface area contributed by atoms with Crippen molar-refractivity contribution in [3.05, 3.63) is 65.0 Å². The van der Waals surface area contributed by atoms with Crippen LogP contribution in [0.4, 0.5) is 10.1 Å². The first kappa shape index (κ1) is 17.7. The van der Waals surface area contributed by atoms with Crippen LogP contribution in [0.1, 0.15) is 23.6 Å². The van der Waals surface area contributed by atoms with E-state index in [2.05, 4.69) is 5.32 Å². The lowest BCUT2D eigenvalue weighted by atomic mass is 10.1. The van der Waals surface area contributed by atoms with Crippen molar-refractivity contribution in [1.29, 1.82) is 0 Å². The lowest BCUT2D eigenvalue weighted by Crippen LogP contribution is -2.36. The Balaban J connectivity index is 2.04. The van der Waals surface area contributed by atoms with Crippen molar-refractivity contribution in [2.75, 3.05) is 11.9 Å². The molecule has 0 aliphatic carbocycles. The van der Waals surface area contributed by atoms with Crippen molar-refractivity contribution in [2.24, 2.45) is 0 Å². The first-order valence-electron chi connectivity index (χ1n) is 7.73. The molecule has 0 fully saturated rings. The van der Waals surface area contributed by atoms with Gasteiger partial charge in [-0.2, -0.15) is 0 Å². The van der Waals surface area contributed by atoms with E-state index in [9.17, 15) is 14.0 Å². The molecule has 0 atom stereocenters. The molecule has 2 aromatic carbocycles. The Hall–Kier alpha value is -2.69. The standard InChI is InChI=1S/C19H21FN2O2/c1-13-8-9-17(10-14(13)2)21-19(24)12-22(15(3)23)11-16-6-4-5-7-18(16)20/h4-10H,11-12H2,1-3H3,(H,21,24). The number of halogens is 1. The summed E-state index contributed by atoms with van der Waals surface area (Å²) in [6.45, 7) is 5.25. The van der Waals surface area contributed by atoms with Gasteiger partial charge in [-0.15, -0.1) is 0 Å². The molecule has 4 nitrogen and oxygen atoms in total. The van der Waals surface area contributed by atoms with Crippen LogP contribution < -0.4 is 5.32 Å². The van der Waals surface area contributed by atoms with Gasteiger partial charge in [-0.1, -0.05) is 24.3 Å². The summed E-state index contributed by atoms with van der Waals surface area (Å²) in [7, 11) is 0. The van der Waals surface area contributed by atoms with E-state index in [1.54, 1.807) is 18.2 Å². The molecular formula is C19H21FN2O2. The molecule has 0 aliphatic heterocycles. The van der Waals surface area contributed by atoms with Crippen LogP contribution in [0.5, 0.6) is 0 Å². The molecule has 0 bridgehead atoms. The molecule has 5 heteroatoms. The van der Waals surface area contributed by atoms with Gasteiger partial charge in [0.05, 0.1) is 0 Å². The van der Waals surface area contributed by atoms with Crippen LogP contribution >= 0.6 is 0 Å². The lowest BCUT2D eigenvalue weighted by Gasteiger charge is -2.21. The minimum Gasteiger partial charge on any atom is -0.329 e. The van der Waals surface area contributed by atoms with Crippen molar-refractivity contribution in [1.82, 2.24) is 4.90 Å². The van der Waals surface area contributed by atoms with Crippen LogP contribution in [-0.4, -0.2) is 23.3 Å². The number of rotatable bonds is 5. The molecular weight excluding hydrogens is 307 g/mol. The van der Waals surface area contributed by atoms with Crippen molar-refractivity contribution in [3.63, 3.8) is 0 Å². The fourth-order valence-electron chi connectivity index (χ4n) is 2.30. The van der Waals surface area contributed by atoms with Gasteiger partial charge in [0.1, 0.15) is 12.4 Å². The minimum atomic E-state index is -0.390. The topological polar surface area (TPSA) is 49.4 Å². The Morgan fingerprint density at radius 1 is 1.08 bits per heavy atom. The van der Waals surface area contributed by atoms with Gasteiger partial charge in [-0.25, -0.2) is 4.39 Å². The maximum atomic E-state index is 13.7. The van der Waals surface area contributed by atoms with Crippen LogP contribution in [-0.2, 0) is 16.1 Å². The first-order chi connectivity index (χ1) is 11.4. The first-order valence-corrected chi connectivity index (χ1v) is 7.73. The quantitative estimate of drug-likeness (QED) is 0.914. The molecule has 2 aromatic rings. The molecule has 0 heterocycles. The molecule has 2 rings (SSSR count). The molecule has 0 saturated carbocycles. The molecule has 1 N–H and O–H groups in total. The third-order valence-electron chi connectivity index (χ3n) is 3.89. The Kier molecular flexibility index (Phi) is 5.68. The number of aryl methyl sites for hydroxylation is 2. The minimum absolute atomic E-state index is 0.0579. The third-order valence-corrected chi connectivity index (χ3v) is 3.89. The van der Waals surface area contributed by atoms with Crippen LogP contribution in [0.25, 0.3) is 0 Å². The second-order valence-electron chi connectivity index (χ2n) is 5.81. The average molecular weight is 328 g/mol. The van der Waals surface area contributed by atoms with Gasteiger partial charge in [-0.05, 0) is 43.2 Å². The molecule has 0 spiro atoms. The molecule has 0 radical (unpaired) electrons. The van der Waals surface area contributed by atoms with Gasteiger partial charge < -0.3 is 10.2 Å². The second-order valence-corrected chi connectivity index (χ2v) is 5.81. The van der Waals surface area contributed by atoms with E-state index in [0.717, 1.165) is 11.1 Å². The summed E-state index contributed by atoms with van der Waals surface area (Å²) < 4.78 is 13.7. The van der Waals surface area contributed by atoms with Gasteiger partial charge in [0, 0.05) is 24.7 Å². The van der Waals surface area contributed by atoms with Crippen LogP contribution in [0, 0.1) is 19.7 Å². The number of hydrogen-bond donors (Lipinski definition) is 1. The number of nitrogens with one attached hydrogen (secondary N) is 1. The molecule has 0 saturated heterocycles. The van der Waals surface area contributed by atoms with Crippen molar-refractivity contribution >= 4 is 17.5 Å². The van der Waals surface area contributed by atoms with E-state index in [4.69, 9.17) is 0 Å². The van der Waals surface area contributed by atoms with E-state index in [-0.39, 0.29) is 24.9 Å². The summed E-state index contributed by atoms with van der Waals surface area (Å²) in [5, 5.41) is 2.77. The van der Waals surface area contributed by atoms with Gasteiger partial charge in [0.2, 0.25) is 11.8 Å². The summed E-state index contributed by atoms with van der Waals surface area (Å²) in [5.74, 6) is -0.989. The maximum absolute atomic E-state index is 13.7. The van der Waals surface area contributed by atoms with Gasteiger partial charge >= 0.3 is 0 Å². The molecule has 126 valence electrons. The van der Waals surface area contributed by atoms with E-state index in [0.29, 0.717) is 11.3 Å². The Labute approximate surface area is 141 Å². The molecule has 24 heavy (non-hydrogen) atoms. The van der Waals surface area contributed by atoms with Crippen LogP contribution in [0.3, 0.4) is 0 Å². The Morgan fingerprint density at radius 3 is 2.42 bits per heavy atom. The smallest absolute Gasteiger partial charge is 0.244 e. The van der Waals surface area contributed by atoms with Gasteiger partial charge in [-0.3, -0.25) is 9.59 Å². The van der Waals surface area contributed by atoms with Crippen molar-refractivity contribution in [3.8, 4) is 0 Å². The SMILES string of the molecule is CC(=O)N(CC(=O)Nc1ccc(C)c(C)c1)Cc1ccccc1F. The summed E-state index contributed by atoms with van der Waals surface area (Å²) >= 11 is 0. The monoisotopic (exact) mass is 328 g/mol. The van der Waals surface area contributed by atoms with E-state index < -0.39 is 5.82 Å². The number of nitrogens with zero attached hydrogens (tertiary/aromatic N) is 1. The number of benzene rings is 2. The molecule has 0 unspecified atom stereocenters. The normalized spacial score (nSPS) is 10.3. The van der Waals surface area contributed by atoms with E-state index in [1.807, 2.05) is 32.0 Å². The predicted octanol–water partition coefficient (Wildman–Crippen LogP) is 3.43. The summed E-state index contributed by atoms with van der Waals surface area (Å²) in [5.41, 5.74) is 3.27. The second kappa shape index (κ2) is 7.73. The zero-order chi connectivity index (χ0) is 17.7. The maximum Gasteiger partial charge on any atom is 0.244 e. The fraction of sp³-hybridized carbons (Fsp3) is 0.263. The number of hydrogen-bond acceptors (Lipinski definition) is 2. The predicted molar refractivity (Wildman–Crippen MR) is 92.0 cm³/mol. The fourth-order valence-corrected chi connectivity index (χ4v) is 2.30. The molecule has 0 aliphatic rings. The largest absolute Gasteiger partial charge is 0.329 e. The highest BCUT2D eigenvalue weighted by molar-refractivity contribution is 5.94. The van der Waals surface area contributed by atoms with Crippen molar-refractivity contribution < 1.29 is 14.0 Å². The van der Waals surface area contributed by atoms with Gasteiger partial charge in [0.15, 0.2) is 0 Å². The average Bonchev–Trinajstić information content (AvgIpc) is 2.52. The van der Waals surface area contributed by atoms with Crippen molar-refractivity contribution in [2.45, 2.75) is 27.3 Å². The van der Waals surface area contributed by atoms with Crippen LogP contribution in [0.2, 0.25) is 0 Å². The third kappa shape index (κ3) is 4.65. The zero-order valence-electron chi connectivity index (χ0n) is 14.1. The highest BCUT2D eigenvalue weighted by Gasteiger charge is 2.16. The number of carbonyl (C=O) groups excluding carboxylic acids is 2. The number of amides is 2. The zero-order valence-corrected chi connectivity index (χ0v) is 14.1. The summed E-state index contributed by atoms with van der Waals surface area (Å²) in [6, 6.07) is 11.8. The van der Waals surface area contributed by atoms with E-state index in [1.165, 1.54) is 17.9 Å². The summed E-state index contributed by atoms with van der Waals surface area (Å²) in [4.78, 5) is 25.3. The Morgan fingerprint density at radius 2 is 1.79 bits per heavy atom. The number of anilines is 1. The van der Waals surface area contributed by atoms with E-state index >= 15 is 0 Å². The molecule has 0 aromatic heterocycles. The lowest BCUT2D eigenvalue weighted by molar-refractivity contribution is -0.133. The molecule has 2 amide bonds.